The van der Waals surface area contributed by atoms with Crippen LogP contribution in [-0.4, -0.2) is 63.1 Å². The monoisotopic (exact) mass is 568 g/mol. The second kappa shape index (κ2) is 12.8. The number of hydrogen-bond donors (Lipinski definition) is 5. The molecule has 1 fully saturated rings. The van der Waals surface area contributed by atoms with Gasteiger partial charge < -0.3 is 35.2 Å². The van der Waals surface area contributed by atoms with Crippen LogP contribution in [0.5, 0.6) is 23.0 Å². The van der Waals surface area contributed by atoms with Crippen LogP contribution in [0, 0.1) is 16.0 Å². The summed E-state index contributed by atoms with van der Waals surface area (Å²) in [5.41, 5.74) is -0.0135. The Balaban J connectivity index is 0.000000559. The summed E-state index contributed by atoms with van der Waals surface area (Å²) in [5.74, 6) is -3.10. The number of ether oxygens (including phenoxy) is 1. The van der Waals surface area contributed by atoms with Crippen molar-refractivity contribution in [2.24, 2.45) is 5.92 Å². The molecule has 1 saturated heterocycles. The van der Waals surface area contributed by atoms with Gasteiger partial charge in [0.05, 0.1) is 4.92 Å². The highest BCUT2D eigenvalue weighted by Crippen LogP contribution is 2.43. The number of carboxylic acids is 1. The number of piperidine rings is 1. The van der Waals surface area contributed by atoms with Crippen molar-refractivity contribution in [2.45, 2.75) is 19.0 Å². The minimum atomic E-state index is -5.08. The smallest absolute Gasteiger partial charge is 0.490 e. The fourth-order valence-corrected chi connectivity index (χ4v) is 3.59. The summed E-state index contributed by atoms with van der Waals surface area (Å²) in [6.07, 6.45) is -3.12. The molecule has 3 aromatic rings. The third kappa shape index (κ3) is 8.07. The molecule has 1 aliphatic rings. The maximum absolute atomic E-state index is 12.5. The Hall–Kier alpha value is -4.86. The number of carbonyl (C=O) groups is 2. The number of aromatic hydroxyl groups is 2. The number of benzene rings is 2. The molecule has 2 aromatic carbocycles. The summed E-state index contributed by atoms with van der Waals surface area (Å²) in [7, 11) is 0. The lowest BCUT2D eigenvalue weighted by Gasteiger charge is -2.22. The number of nitro groups is 1. The fraction of sp³-hybridized carbons (Fsp3) is 0.292. The van der Waals surface area contributed by atoms with E-state index in [9.17, 15) is 38.3 Å². The zero-order valence-electron chi connectivity index (χ0n) is 20.5. The van der Waals surface area contributed by atoms with E-state index in [1.54, 1.807) is 0 Å². The van der Waals surface area contributed by atoms with E-state index in [4.69, 9.17) is 19.2 Å². The van der Waals surface area contributed by atoms with Gasteiger partial charge in [-0.05, 0) is 44.0 Å². The van der Waals surface area contributed by atoms with Crippen LogP contribution in [0.4, 0.5) is 18.9 Å². The molecule has 0 unspecified atom stereocenters. The van der Waals surface area contributed by atoms with Crippen molar-refractivity contribution in [2.75, 3.05) is 19.6 Å². The van der Waals surface area contributed by atoms with Gasteiger partial charge in [-0.1, -0.05) is 5.16 Å². The average molecular weight is 568 g/mol. The molecule has 40 heavy (non-hydrogen) atoms. The van der Waals surface area contributed by atoms with Gasteiger partial charge in [0.2, 0.25) is 0 Å². The quantitative estimate of drug-likeness (QED) is 0.205. The number of phenols is 2. The first-order valence-electron chi connectivity index (χ1n) is 11.6. The zero-order chi connectivity index (χ0) is 29.4. The molecule has 0 spiro atoms. The number of phenolic OH excluding ortho intramolecular Hbond substituents is 2. The Morgan fingerprint density at radius 1 is 1.15 bits per heavy atom. The van der Waals surface area contributed by atoms with Crippen molar-refractivity contribution >= 4 is 17.6 Å². The minimum absolute atomic E-state index is 0.0131. The van der Waals surface area contributed by atoms with Crippen LogP contribution in [0.3, 0.4) is 0 Å². The topological polar surface area (TPSA) is 197 Å². The van der Waals surface area contributed by atoms with Crippen molar-refractivity contribution < 1.29 is 52.3 Å². The van der Waals surface area contributed by atoms with E-state index < -0.39 is 23.0 Å². The van der Waals surface area contributed by atoms with E-state index in [0.717, 1.165) is 32.0 Å². The molecule has 0 radical (unpaired) electrons. The molecule has 1 aromatic heterocycles. The van der Waals surface area contributed by atoms with Crippen molar-refractivity contribution in [1.82, 2.24) is 15.8 Å². The molecule has 4 rings (SSSR count). The molecule has 5 N–H and O–H groups in total. The number of nitrogens with one attached hydrogen (secondary N) is 2. The van der Waals surface area contributed by atoms with Gasteiger partial charge in [0.1, 0.15) is 28.6 Å². The summed E-state index contributed by atoms with van der Waals surface area (Å²) in [6.45, 7) is 2.38. The summed E-state index contributed by atoms with van der Waals surface area (Å²) in [6, 6.07) is 8.99. The molecule has 2 heterocycles. The van der Waals surface area contributed by atoms with E-state index in [1.165, 1.54) is 36.4 Å². The summed E-state index contributed by atoms with van der Waals surface area (Å²) >= 11 is 0. The second-order valence-electron chi connectivity index (χ2n) is 8.47. The number of carbonyl (C=O) groups excluding carboxylic acids is 1. The minimum Gasteiger partial charge on any atom is -0.508 e. The van der Waals surface area contributed by atoms with E-state index in [0.29, 0.717) is 12.5 Å². The van der Waals surface area contributed by atoms with Crippen LogP contribution in [0.15, 0.2) is 47.0 Å². The number of nitro benzene ring substituents is 1. The average Bonchev–Trinajstić information content (AvgIpc) is 3.37. The van der Waals surface area contributed by atoms with E-state index >= 15 is 0 Å². The van der Waals surface area contributed by atoms with Crippen molar-refractivity contribution in [3.05, 3.63) is 58.3 Å². The SMILES string of the molecule is O=C(NCC1CCNCC1)c1cc(-c2c(O)cc(O)cc2Oc2ccc([N+](=O)[O-])cc2)on1.O=C(O)C(F)(F)F. The predicted molar refractivity (Wildman–Crippen MR) is 130 cm³/mol. The van der Waals surface area contributed by atoms with E-state index in [2.05, 4.69) is 15.8 Å². The van der Waals surface area contributed by atoms with Crippen LogP contribution in [0.2, 0.25) is 0 Å². The molecule has 16 heteroatoms. The van der Waals surface area contributed by atoms with Gasteiger partial charge in [0, 0.05) is 36.9 Å². The molecule has 0 bridgehead atoms. The lowest BCUT2D eigenvalue weighted by Crippen LogP contribution is -2.36. The van der Waals surface area contributed by atoms with Crippen LogP contribution in [-0.2, 0) is 4.79 Å². The number of hydrogen-bond acceptors (Lipinski definition) is 10. The number of alkyl halides is 3. The second-order valence-corrected chi connectivity index (χ2v) is 8.47. The van der Waals surface area contributed by atoms with Gasteiger partial charge in [-0.25, -0.2) is 4.79 Å². The molecule has 0 atom stereocenters. The predicted octanol–water partition coefficient (Wildman–Crippen LogP) is 3.82. The molecular weight excluding hydrogens is 545 g/mol. The molecule has 13 nitrogen and oxygen atoms in total. The number of aromatic nitrogens is 1. The van der Waals surface area contributed by atoms with Crippen LogP contribution in [0.25, 0.3) is 11.3 Å². The maximum Gasteiger partial charge on any atom is 0.490 e. The molecule has 1 amide bonds. The Morgan fingerprint density at radius 2 is 1.77 bits per heavy atom. The summed E-state index contributed by atoms with van der Waals surface area (Å²) < 4.78 is 42.7. The highest BCUT2D eigenvalue weighted by molar-refractivity contribution is 5.93. The lowest BCUT2D eigenvalue weighted by molar-refractivity contribution is -0.384. The molecular formula is C24H23F3N4O9. The number of carboxylic acid groups (broad SMARTS) is 1. The number of rotatable bonds is 7. The van der Waals surface area contributed by atoms with E-state index in [1.807, 2.05) is 0 Å². The molecule has 0 saturated carbocycles. The third-order valence-electron chi connectivity index (χ3n) is 5.58. The number of nitrogens with zero attached hydrogens (tertiary/aromatic N) is 2. The third-order valence-corrected chi connectivity index (χ3v) is 5.58. The first-order valence-corrected chi connectivity index (χ1v) is 11.6. The van der Waals surface area contributed by atoms with Crippen molar-refractivity contribution in [3.8, 4) is 34.3 Å². The number of aliphatic carboxylic acids is 1. The van der Waals surface area contributed by atoms with Gasteiger partial charge in [-0.3, -0.25) is 14.9 Å². The molecule has 1 aliphatic heterocycles. The summed E-state index contributed by atoms with van der Waals surface area (Å²) in [5, 5.41) is 48.2. The normalized spacial score (nSPS) is 13.6. The Labute approximate surface area is 223 Å². The van der Waals surface area contributed by atoms with Gasteiger partial charge in [0.25, 0.3) is 11.6 Å². The fourth-order valence-electron chi connectivity index (χ4n) is 3.59. The number of non-ortho nitro benzene ring substituents is 1. The van der Waals surface area contributed by atoms with E-state index in [-0.39, 0.29) is 45.7 Å². The Morgan fingerprint density at radius 3 is 2.35 bits per heavy atom. The Kier molecular flexibility index (Phi) is 9.50. The van der Waals surface area contributed by atoms with Crippen molar-refractivity contribution in [1.29, 1.82) is 0 Å². The highest BCUT2D eigenvalue weighted by atomic mass is 19.4. The molecule has 0 aliphatic carbocycles. The van der Waals surface area contributed by atoms with Gasteiger partial charge in [-0.2, -0.15) is 13.2 Å². The maximum atomic E-state index is 12.5. The van der Waals surface area contributed by atoms with Gasteiger partial charge in [0.15, 0.2) is 11.5 Å². The number of halogens is 3. The molecule has 214 valence electrons. The largest absolute Gasteiger partial charge is 0.508 e. The lowest BCUT2D eigenvalue weighted by atomic mass is 9.98. The van der Waals surface area contributed by atoms with Crippen LogP contribution < -0.4 is 15.4 Å². The number of amides is 1. The summed E-state index contributed by atoms with van der Waals surface area (Å²) in [4.78, 5) is 31.7. The zero-order valence-corrected chi connectivity index (χ0v) is 20.5. The first kappa shape index (κ1) is 29.7. The van der Waals surface area contributed by atoms with Crippen LogP contribution >= 0.6 is 0 Å². The van der Waals surface area contributed by atoms with Gasteiger partial charge in [-0.15, -0.1) is 0 Å². The standard InChI is InChI=1S/C22H22N4O7.C2HF3O2/c27-15-9-18(28)21(19(10-15)32-16-3-1-14(2-4-16)26(30)31)20-11-17(25-33-20)22(29)24-12-13-5-7-23-8-6-13;3-2(4,5)1(6)7/h1-4,9-11,13,23,27-28H,5-8,12H2,(H,24,29);(H,6,7). The highest BCUT2D eigenvalue weighted by Gasteiger charge is 2.38. The van der Waals surface area contributed by atoms with Crippen molar-refractivity contribution in [3.63, 3.8) is 0 Å². The van der Waals surface area contributed by atoms with Crippen LogP contribution in [0.1, 0.15) is 23.3 Å². The first-order chi connectivity index (χ1) is 18.8. The Bertz CT molecular complexity index is 1350. The van der Waals surface area contributed by atoms with Gasteiger partial charge >= 0.3 is 12.1 Å².